The molecule has 0 saturated heterocycles. The molecule has 1 aromatic heterocycles. The predicted molar refractivity (Wildman–Crippen MR) is 80.3 cm³/mol. The van der Waals surface area contributed by atoms with Gasteiger partial charge in [-0.1, -0.05) is 20.3 Å². The summed E-state index contributed by atoms with van der Waals surface area (Å²) in [5, 5.41) is 4.63. The molecule has 0 atom stereocenters. The molecule has 0 aliphatic carbocycles. The van der Waals surface area contributed by atoms with Gasteiger partial charge in [-0.25, -0.2) is 0 Å². The molecule has 2 nitrogen and oxygen atoms in total. The first-order valence-corrected chi connectivity index (χ1v) is 7.24. The van der Waals surface area contributed by atoms with Crippen molar-refractivity contribution in [3.8, 4) is 0 Å². The highest BCUT2D eigenvalue weighted by molar-refractivity contribution is 14.1. The number of hydrogen-bond acceptors (Lipinski definition) is 2. The van der Waals surface area contributed by atoms with Crippen LogP contribution in [0.1, 0.15) is 31.6 Å². The van der Waals surface area contributed by atoms with Gasteiger partial charge in [0, 0.05) is 14.5 Å². The normalized spacial score (nSPS) is 11.2. The summed E-state index contributed by atoms with van der Waals surface area (Å²) in [5.41, 5.74) is 2.39. The predicted octanol–water partition coefficient (Wildman–Crippen LogP) is 4.10. The van der Waals surface area contributed by atoms with Gasteiger partial charge in [-0.15, -0.1) is 0 Å². The van der Waals surface area contributed by atoms with Gasteiger partial charge >= 0.3 is 0 Å². The van der Waals surface area contributed by atoms with Crippen LogP contribution in [0.4, 0.5) is 0 Å². The van der Waals surface area contributed by atoms with Gasteiger partial charge < -0.3 is 9.73 Å². The van der Waals surface area contributed by atoms with Crippen LogP contribution in [0.15, 0.2) is 22.6 Å². The molecule has 1 N–H and O–H groups in total. The van der Waals surface area contributed by atoms with Gasteiger partial charge in [0.1, 0.15) is 11.3 Å². The van der Waals surface area contributed by atoms with Crippen LogP contribution < -0.4 is 5.32 Å². The molecular weight excluding hydrogens is 325 g/mol. The first-order chi connectivity index (χ1) is 8.26. The van der Waals surface area contributed by atoms with Crippen molar-refractivity contribution in [3.05, 3.63) is 33.1 Å². The van der Waals surface area contributed by atoms with Gasteiger partial charge in [0.05, 0.1) is 6.54 Å². The highest BCUT2D eigenvalue weighted by atomic mass is 127. The average molecular weight is 343 g/mol. The maximum atomic E-state index is 5.94. The number of nitrogens with one attached hydrogen (secondary N) is 1. The summed E-state index contributed by atoms with van der Waals surface area (Å²) in [4.78, 5) is 0. The summed E-state index contributed by atoms with van der Waals surface area (Å²) in [7, 11) is 0. The third kappa shape index (κ3) is 2.83. The van der Waals surface area contributed by atoms with Crippen LogP contribution in [0.2, 0.25) is 0 Å². The van der Waals surface area contributed by atoms with E-state index in [9.17, 15) is 0 Å². The Labute approximate surface area is 116 Å². The Morgan fingerprint density at radius 3 is 2.82 bits per heavy atom. The highest BCUT2D eigenvalue weighted by Crippen LogP contribution is 2.28. The second-order valence-electron chi connectivity index (χ2n) is 4.17. The molecular formula is C14H18INO. The van der Waals surface area contributed by atoms with E-state index < -0.39 is 0 Å². The Balaban J connectivity index is 2.46. The number of hydrogen-bond donors (Lipinski definition) is 1. The molecule has 0 radical (unpaired) electrons. The fourth-order valence-corrected chi connectivity index (χ4v) is 2.57. The minimum Gasteiger partial charge on any atom is -0.459 e. The van der Waals surface area contributed by atoms with Crippen LogP contribution in [0.5, 0.6) is 0 Å². The molecule has 2 rings (SSSR count). The smallest absolute Gasteiger partial charge is 0.134 e. The van der Waals surface area contributed by atoms with Crippen molar-refractivity contribution in [2.75, 3.05) is 6.54 Å². The van der Waals surface area contributed by atoms with Crippen LogP contribution in [-0.2, 0) is 13.0 Å². The molecule has 1 aromatic carbocycles. The summed E-state index contributed by atoms with van der Waals surface area (Å²) in [6.07, 6.45) is 2.24. The number of aryl methyl sites for hydroxylation is 1. The molecule has 17 heavy (non-hydrogen) atoms. The summed E-state index contributed by atoms with van der Waals surface area (Å²) in [5.74, 6) is 1.10. The van der Waals surface area contributed by atoms with Gasteiger partial charge in [0.15, 0.2) is 0 Å². The van der Waals surface area contributed by atoms with Crippen molar-refractivity contribution in [2.24, 2.45) is 0 Å². The number of fused-ring (bicyclic) bond motifs is 1. The average Bonchev–Trinajstić information content (AvgIpc) is 2.65. The topological polar surface area (TPSA) is 25.2 Å². The first kappa shape index (κ1) is 12.9. The molecule has 0 saturated carbocycles. The Bertz CT molecular complexity index is 504. The molecule has 0 aliphatic rings. The molecule has 0 fully saturated rings. The maximum absolute atomic E-state index is 5.94. The van der Waals surface area contributed by atoms with Gasteiger partial charge in [-0.3, -0.25) is 0 Å². The lowest BCUT2D eigenvalue weighted by Gasteiger charge is -2.02. The van der Waals surface area contributed by atoms with Crippen molar-refractivity contribution in [2.45, 2.75) is 33.2 Å². The van der Waals surface area contributed by atoms with E-state index in [0.29, 0.717) is 0 Å². The molecule has 0 aliphatic heterocycles. The van der Waals surface area contributed by atoms with Crippen molar-refractivity contribution < 1.29 is 4.42 Å². The molecule has 1 heterocycles. The highest BCUT2D eigenvalue weighted by Gasteiger charge is 2.13. The van der Waals surface area contributed by atoms with Crippen molar-refractivity contribution in [1.29, 1.82) is 0 Å². The zero-order chi connectivity index (χ0) is 12.3. The fourth-order valence-electron chi connectivity index (χ4n) is 2.08. The van der Waals surface area contributed by atoms with Crippen molar-refractivity contribution >= 4 is 33.6 Å². The minimum absolute atomic E-state index is 0.830. The Morgan fingerprint density at radius 1 is 1.29 bits per heavy atom. The van der Waals surface area contributed by atoms with Crippen LogP contribution in [-0.4, -0.2) is 6.54 Å². The lowest BCUT2D eigenvalue weighted by atomic mass is 10.1. The fraction of sp³-hybridized carbons (Fsp3) is 0.429. The second kappa shape index (κ2) is 5.87. The number of rotatable bonds is 5. The van der Waals surface area contributed by atoms with Crippen molar-refractivity contribution in [3.63, 3.8) is 0 Å². The Morgan fingerprint density at radius 2 is 2.12 bits per heavy atom. The zero-order valence-electron chi connectivity index (χ0n) is 10.3. The van der Waals surface area contributed by atoms with E-state index in [1.54, 1.807) is 0 Å². The summed E-state index contributed by atoms with van der Waals surface area (Å²) < 4.78 is 7.21. The van der Waals surface area contributed by atoms with Crippen LogP contribution in [0.3, 0.4) is 0 Å². The van der Waals surface area contributed by atoms with E-state index in [1.165, 1.54) is 14.5 Å². The number of halogens is 1. The molecule has 2 aromatic rings. The van der Waals surface area contributed by atoms with Crippen LogP contribution in [0.25, 0.3) is 11.0 Å². The van der Waals surface area contributed by atoms with E-state index >= 15 is 0 Å². The van der Waals surface area contributed by atoms with E-state index in [-0.39, 0.29) is 0 Å². The van der Waals surface area contributed by atoms with E-state index in [2.05, 4.69) is 60.0 Å². The number of furan rings is 1. The number of benzene rings is 1. The van der Waals surface area contributed by atoms with E-state index in [1.807, 2.05) is 0 Å². The third-order valence-electron chi connectivity index (χ3n) is 2.87. The first-order valence-electron chi connectivity index (χ1n) is 6.16. The third-order valence-corrected chi connectivity index (χ3v) is 3.54. The Kier molecular flexibility index (Phi) is 4.45. The van der Waals surface area contributed by atoms with E-state index in [4.69, 9.17) is 4.42 Å². The summed E-state index contributed by atoms with van der Waals surface area (Å²) in [6, 6.07) is 6.39. The lowest BCUT2D eigenvalue weighted by Crippen LogP contribution is -2.12. The zero-order valence-corrected chi connectivity index (χ0v) is 12.5. The molecule has 0 bridgehead atoms. The molecule has 92 valence electrons. The van der Waals surface area contributed by atoms with Crippen LogP contribution in [0, 0.1) is 3.57 Å². The second-order valence-corrected chi connectivity index (χ2v) is 5.42. The SMILES string of the molecule is CCCc1c(CNCC)oc2ccc(I)cc12. The minimum atomic E-state index is 0.830. The van der Waals surface area contributed by atoms with Gasteiger partial charge in [0.2, 0.25) is 0 Å². The Hall–Kier alpha value is -0.550. The summed E-state index contributed by atoms with van der Waals surface area (Å²) in [6.45, 7) is 6.13. The van der Waals surface area contributed by atoms with Gasteiger partial charge in [-0.2, -0.15) is 0 Å². The standard InChI is InChI=1S/C14H18INO/c1-3-5-11-12-8-10(15)6-7-13(12)17-14(11)9-16-4-2/h6-8,16H,3-5,9H2,1-2H3. The molecule has 0 spiro atoms. The lowest BCUT2D eigenvalue weighted by molar-refractivity contribution is 0.513. The maximum Gasteiger partial charge on any atom is 0.134 e. The monoisotopic (exact) mass is 343 g/mol. The van der Waals surface area contributed by atoms with Gasteiger partial charge in [-0.05, 0) is 53.8 Å². The largest absolute Gasteiger partial charge is 0.459 e. The summed E-state index contributed by atoms with van der Waals surface area (Å²) >= 11 is 2.35. The van der Waals surface area contributed by atoms with Crippen molar-refractivity contribution in [1.82, 2.24) is 5.32 Å². The van der Waals surface area contributed by atoms with E-state index in [0.717, 1.165) is 37.3 Å². The quantitative estimate of drug-likeness (QED) is 0.827. The van der Waals surface area contributed by atoms with Crippen LogP contribution >= 0.6 is 22.6 Å². The molecule has 3 heteroatoms. The van der Waals surface area contributed by atoms with Gasteiger partial charge in [0.25, 0.3) is 0 Å². The molecule has 0 unspecified atom stereocenters. The molecule has 0 amide bonds.